The summed E-state index contributed by atoms with van der Waals surface area (Å²) < 4.78 is 0.906. The Morgan fingerprint density at radius 2 is 1.92 bits per heavy atom. The molecule has 0 unspecified atom stereocenters. The number of halogens is 1. The van der Waals surface area contributed by atoms with E-state index in [1.54, 1.807) is 0 Å². The zero-order valence-corrected chi connectivity index (χ0v) is 8.80. The predicted molar refractivity (Wildman–Crippen MR) is 56.5 cm³/mol. The second kappa shape index (κ2) is 3.34. The second-order valence-electron chi connectivity index (χ2n) is 2.97. The summed E-state index contributed by atoms with van der Waals surface area (Å²) in [7, 11) is 0. The zero-order valence-electron chi connectivity index (χ0n) is 7.21. The molecule has 0 spiro atoms. The summed E-state index contributed by atoms with van der Waals surface area (Å²) in [5.41, 5.74) is 3.36. The molecule has 0 radical (unpaired) electrons. The maximum atomic E-state index is 4.14. The van der Waals surface area contributed by atoms with Gasteiger partial charge in [0.1, 0.15) is 4.60 Å². The first-order valence-corrected chi connectivity index (χ1v) is 4.83. The number of aromatic amines is 1. The molecule has 13 heavy (non-hydrogen) atoms. The summed E-state index contributed by atoms with van der Waals surface area (Å²) in [4.78, 5) is 0. The molecule has 1 aromatic heterocycles. The first kappa shape index (κ1) is 8.51. The largest absolute Gasteiger partial charge is 0.271 e. The average molecular weight is 237 g/mol. The van der Waals surface area contributed by atoms with Gasteiger partial charge in [-0.3, -0.25) is 5.10 Å². The number of H-pyrrole nitrogens is 1. The molecule has 0 aliphatic heterocycles. The maximum Gasteiger partial charge on any atom is 0.101 e. The van der Waals surface area contributed by atoms with E-state index in [0.29, 0.717) is 0 Å². The highest BCUT2D eigenvalue weighted by Crippen LogP contribution is 2.19. The zero-order chi connectivity index (χ0) is 9.26. The SMILES string of the molecule is Cc1ccc(-c2cc(Br)[nH]n2)cc1. The first-order chi connectivity index (χ1) is 6.25. The van der Waals surface area contributed by atoms with Gasteiger partial charge in [-0.15, -0.1) is 0 Å². The van der Waals surface area contributed by atoms with Gasteiger partial charge in [-0.25, -0.2) is 0 Å². The molecular weight excluding hydrogens is 228 g/mol. The Morgan fingerprint density at radius 3 is 2.46 bits per heavy atom. The minimum absolute atomic E-state index is 0.906. The lowest BCUT2D eigenvalue weighted by atomic mass is 10.1. The lowest BCUT2D eigenvalue weighted by molar-refractivity contribution is 1.07. The van der Waals surface area contributed by atoms with Crippen LogP contribution in [-0.2, 0) is 0 Å². The lowest BCUT2D eigenvalue weighted by Crippen LogP contribution is -1.77. The quantitative estimate of drug-likeness (QED) is 0.810. The summed E-state index contributed by atoms with van der Waals surface area (Å²) in [5, 5.41) is 6.99. The molecule has 0 saturated carbocycles. The Balaban J connectivity index is 2.41. The van der Waals surface area contributed by atoms with E-state index in [2.05, 4.69) is 57.3 Å². The highest BCUT2D eigenvalue weighted by molar-refractivity contribution is 9.10. The van der Waals surface area contributed by atoms with Crippen molar-refractivity contribution in [1.82, 2.24) is 10.2 Å². The summed E-state index contributed by atoms with van der Waals surface area (Å²) in [6, 6.07) is 10.3. The topological polar surface area (TPSA) is 28.7 Å². The van der Waals surface area contributed by atoms with Crippen molar-refractivity contribution >= 4 is 15.9 Å². The Labute approximate surface area is 85.1 Å². The number of hydrogen-bond donors (Lipinski definition) is 1. The molecule has 1 aromatic carbocycles. The molecule has 1 heterocycles. The van der Waals surface area contributed by atoms with E-state index in [1.807, 2.05) is 6.07 Å². The van der Waals surface area contributed by atoms with Gasteiger partial charge >= 0.3 is 0 Å². The van der Waals surface area contributed by atoms with Crippen LogP contribution in [0.15, 0.2) is 34.9 Å². The van der Waals surface area contributed by atoms with Crippen molar-refractivity contribution in [2.24, 2.45) is 0 Å². The number of nitrogens with zero attached hydrogens (tertiary/aromatic N) is 1. The first-order valence-electron chi connectivity index (χ1n) is 4.03. The third kappa shape index (κ3) is 1.80. The summed E-state index contributed by atoms with van der Waals surface area (Å²) >= 11 is 3.33. The van der Waals surface area contributed by atoms with Crippen molar-refractivity contribution < 1.29 is 0 Å². The molecule has 0 bridgehead atoms. The fourth-order valence-corrected chi connectivity index (χ4v) is 1.48. The van der Waals surface area contributed by atoms with Gasteiger partial charge in [-0.1, -0.05) is 29.8 Å². The smallest absolute Gasteiger partial charge is 0.101 e. The van der Waals surface area contributed by atoms with Crippen LogP contribution >= 0.6 is 15.9 Å². The fourth-order valence-electron chi connectivity index (χ4n) is 1.17. The van der Waals surface area contributed by atoms with Crippen LogP contribution in [0.4, 0.5) is 0 Å². The minimum atomic E-state index is 0.906. The Morgan fingerprint density at radius 1 is 1.23 bits per heavy atom. The normalized spacial score (nSPS) is 10.3. The van der Waals surface area contributed by atoms with Crippen LogP contribution in [0.3, 0.4) is 0 Å². The van der Waals surface area contributed by atoms with Crippen molar-refractivity contribution in [2.45, 2.75) is 6.92 Å². The second-order valence-corrected chi connectivity index (χ2v) is 3.82. The molecule has 0 amide bonds. The summed E-state index contributed by atoms with van der Waals surface area (Å²) in [6.07, 6.45) is 0. The lowest BCUT2D eigenvalue weighted by Gasteiger charge is -1.95. The van der Waals surface area contributed by atoms with Gasteiger partial charge in [0.25, 0.3) is 0 Å². The number of benzene rings is 1. The van der Waals surface area contributed by atoms with E-state index < -0.39 is 0 Å². The van der Waals surface area contributed by atoms with Gasteiger partial charge < -0.3 is 0 Å². The Hall–Kier alpha value is -1.09. The van der Waals surface area contributed by atoms with Crippen molar-refractivity contribution in [3.05, 3.63) is 40.5 Å². The van der Waals surface area contributed by atoms with Crippen LogP contribution in [0.25, 0.3) is 11.3 Å². The van der Waals surface area contributed by atoms with Crippen LogP contribution in [0.2, 0.25) is 0 Å². The molecule has 2 rings (SSSR count). The molecule has 1 N–H and O–H groups in total. The number of nitrogens with one attached hydrogen (secondary N) is 1. The standard InChI is InChI=1S/C10H9BrN2/c1-7-2-4-8(5-3-7)9-6-10(11)13-12-9/h2-6H,1H3,(H,12,13). The predicted octanol–water partition coefficient (Wildman–Crippen LogP) is 3.15. The molecule has 0 fully saturated rings. The van der Waals surface area contributed by atoms with E-state index in [9.17, 15) is 0 Å². The van der Waals surface area contributed by atoms with E-state index in [0.717, 1.165) is 15.9 Å². The van der Waals surface area contributed by atoms with E-state index in [1.165, 1.54) is 5.56 Å². The Kier molecular flexibility index (Phi) is 2.19. The van der Waals surface area contributed by atoms with Crippen molar-refractivity contribution in [3.63, 3.8) is 0 Å². The van der Waals surface area contributed by atoms with E-state index in [4.69, 9.17) is 0 Å². The number of aromatic nitrogens is 2. The van der Waals surface area contributed by atoms with Crippen molar-refractivity contribution in [1.29, 1.82) is 0 Å². The van der Waals surface area contributed by atoms with E-state index >= 15 is 0 Å². The van der Waals surface area contributed by atoms with Crippen LogP contribution in [-0.4, -0.2) is 10.2 Å². The van der Waals surface area contributed by atoms with Crippen LogP contribution < -0.4 is 0 Å². The van der Waals surface area contributed by atoms with Gasteiger partial charge in [-0.05, 0) is 28.9 Å². The molecule has 0 aliphatic carbocycles. The summed E-state index contributed by atoms with van der Waals surface area (Å²) in [6.45, 7) is 2.07. The molecule has 2 nitrogen and oxygen atoms in total. The molecule has 3 heteroatoms. The third-order valence-electron chi connectivity index (χ3n) is 1.89. The van der Waals surface area contributed by atoms with Gasteiger partial charge in [0.2, 0.25) is 0 Å². The Bertz CT molecular complexity index is 403. The molecule has 66 valence electrons. The number of hydrogen-bond acceptors (Lipinski definition) is 1. The molecule has 0 aliphatic rings. The van der Waals surface area contributed by atoms with Crippen LogP contribution in [0.1, 0.15) is 5.56 Å². The molecular formula is C10H9BrN2. The van der Waals surface area contributed by atoms with Gasteiger partial charge in [0.05, 0.1) is 5.69 Å². The molecule has 0 atom stereocenters. The number of aryl methyl sites for hydroxylation is 1. The summed E-state index contributed by atoms with van der Waals surface area (Å²) in [5.74, 6) is 0. The van der Waals surface area contributed by atoms with Gasteiger partial charge in [0, 0.05) is 5.56 Å². The van der Waals surface area contributed by atoms with E-state index in [-0.39, 0.29) is 0 Å². The minimum Gasteiger partial charge on any atom is -0.271 e. The molecule has 2 aromatic rings. The molecule has 0 saturated heterocycles. The highest BCUT2D eigenvalue weighted by atomic mass is 79.9. The highest BCUT2D eigenvalue weighted by Gasteiger charge is 2.00. The van der Waals surface area contributed by atoms with Gasteiger partial charge in [0.15, 0.2) is 0 Å². The van der Waals surface area contributed by atoms with Crippen LogP contribution in [0, 0.1) is 6.92 Å². The average Bonchev–Trinajstić information content (AvgIpc) is 2.53. The third-order valence-corrected chi connectivity index (χ3v) is 2.30. The number of rotatable bonds is 1. The maximum absolute atomic E-state index is 4.14. The van der Waals surface area contributed by atoms with Crippen molar-refractivity contribution in [2.75, 3.05) is 0 Å². The monoisotopic (exact) mass is 236 g/mol. The van der Waals surface area contributed by atoms with Gasteiger partial charge in [-0.2, -0.15) is 5.10 Å². The fraction of sp³-hybridized carbons (Fsp3) is 0.100. The van der Waals surface area contributed by atoms with Crippen LogP contribution in [0.5, 0.6) is 0 Å². The van der Waals surface area contributed by atoms with Crippen molar-refractivity contribution in [3.8, 4) is 11.3 Å².